The van der Waals surface area contributed by atoms with E-state index < -0.39 is 0 Å². The average Bonchev–Trinajstić information content (AvgIpc) is 3.65. The molecule has 3 heteroatoms. The van der Waals surface area contributed by atoms with E-state index in [0.29, 0.717) is 0 Å². The quantitative estimate of drug-likeness (QED) is 0.125. The second kappa shape index (κ2) is 16.7. The molecule has 0 radical (unpaired) electrons. The zero-order valence-corrected chi connectivity index (χ0v) is 32.5. The molecule has 4 aromatic carbocycles. The molecule has 0 unspecified atom stereocenters. The topological polar surface area (TPSA) is 18.5 Å². The van der Waals surface area contributed by atoms with Gasteiger partial charge in [0.25, 0.3) is 0 Å². The molecular weight excluding hydrogens is 631 g/mol. The second-order valence-electron chi connectivity index (χ2n) is 15.6. The van der Waals surface area contributed by atoms with Gasteiger partial charge in [-0.1, -0.05) is 145 Å². The van der Waals surface area contributed by atoms with Crippen LogP contribution in [0.5, 0.6) is 0 Å². The minimum absolute atomic E-state index is 0.0156. The first-order valence-electron chi connectivity index (χ1n) is 19.7. The van der Waals surface area contributed by atoms with Gasteiger partial charge < -0.3 is 15.1 Å². The SMILES string of the molecule is CCCCNc1ccccc1C(C)(C)C/C=C/C1=C(N(c2ccccc2)c2ccccc2)C(=C/C=C2/N(CCCC)c3ccccc3C2(C)C)/CC1. The zero-order valence-electron chi connectivity index (χ0n) is 32.5. The summed E-state index contributed by atoms with van der Waals surface area (Å²) in [5.41, 5.74) is 13.2. The number of para-hydroxylation sites is 4. The second-order valence-corrected chi connectivity index (χ2v) is 15.6. The van der Waals surface area contributed by atoms with Gasteiger partial charge in [0.1, 0.15) is 0 Å². The van der Waals surface area contributed by atoms with Gasteiger partial charge in [0.05, 0.1) is 5.70 Å². The first kappa shape index (κ1) is 37.0. The molecule has 1 N–H and O–H groups in total. The van der Waals surface area contributed by atoms with Crippen LogP contribution in [0, 0.1) is 0 Å². The molecule has 2 aliphatic rings. The minimum atomic E-state index is -0.0710. The Hall–Kier alpha value is -4.76. The summed E-state index contributed by atoms with van der Waals surface area (Å²) in [5.74, 6) is 0. The number of allylic oxidation sites excluding steroid dienone is 7. The Morgan fingerprint density at radius 1 is 0.750 bits per heavy atom. The highest BCUT2D eigenvalue weighted by Gasteiger charge is 2.39. The van der Waals surface area contributed by atoms with Gasteiger partial charge >= 0.3 is 0 Å². The maximum absolute atomic E-state index is 3.72. The highest BCUT2D eigenvalue weighted by Crippen LogP contribution is 2.48. The van der Waals surface area contributed by atoms with Gasteiger partial charge in [-0.3, -0.25) is 0 Å². The Labute approximate surface area is 314 Å². The molecule has 0 amide bonds. The van der Waals surface area contributed by atoms with E-state index in [-0.39, 0.29) is 10.8 Å². The van der Waals surface area contributed by atoms with Crippen LogP contribution in [0.25, 0.3) is 0 Å². The van der Waals surface area contributed by atoms with Crippen molar-refractivity contribution in [3.05, 3.63) is 167 Å². The van der Waals surface area contributed by atoms with Crippen LogP contribution >= 0.6 is 0 Å². The van der Waals surface area contributed by atoms with Crippen LogP contribution in [0.4, 0.5) is 22.7 Å². The molecule has 0 atom stereocenters. The van der Waals surface area contributed by atoms with Crippen LogP contribution in [0.15, 0.2) is 156 Å². The van der Waals surface area contributed by atoms with Crippen LogP contribution < -0.4 is 15.1 Å². The lowest BCUT2D eigenvalue weighted by Gasteiger charge is -2.29. The summed E-state index contributed by atoms with van der Waals surface area (Å²) >= 11 is 0. The molecule has 0 saturated carbocycles. The highest BCUT2D eigenvalue weighted by atomic mass is 15.2. The van der Waals surface area contributed by atoms with E-state index in [1.165, 1.54) is 82.1 Å². The van der Waals surface area contributed by atoms with Crippen molar-refractivity contribution < 1.29 is 0 Å². The first-order valence-corrected chi connectivity index (χ1v) is 19.7. The predicted octanol–water partition coefficient (Wildman–Crippen LogP) is 13.4. The fourth-order valence-electron chi connectivity index (χ4n) is 8.00. The number of fused-ring (bicyclic) bond motifs is 1. The van der Waals surface area contributed by atoms with E-state index in [4.69, 9.17) is 0 Å². The highest BCUT2D eigenvalue weighted by molar-refractivity contribution is 5.75. The average molecular weight is 690 g/mol. The van der Waals surface area contributed by atoms with E-state index in [1.54, 1.807) is 0 Å². The Bertz CT molecular complexity index is 1870. The van der Waals surface area contributed by atoms with Gasteiger partial charge in [0, 0.05) is 47.0 Å². The van der Waals surface area contributed by atoms with Crippen molar-refractivity contribution in [2.45, 2.75) is 97.3 Å². The first-order chi connectivity index (χ1) is 25.3. The summed E-state index contributed by atoms with van der Waals surface area (Å²) in [6, 6.07) is 39.7. The third-order valence-electron chi connectivity index (χ3n) is 11.0. The Morgan fingerprint density at radius 3 is 2.08 bits per heavy atom. The number of anilines is 4. The molecule has 1 aliphatic carbocycles. The normalized spacial score (nSPS) is 17.1. The largest absolute Gasteiger partial charge is 0.385 e. The third kappa shape index (κ3) is 7.99. The summed E-state index contributed by atoms with van der Waals surface area (Å²) in [6.07, 6.45) is 17.4. The number of unbranched alkanes of at least 4 members (excludes halogenated alkanes) is 2. The Morgan fingerprint density at radius 2 is 1.38 bits per heavy atom. The number of hydrogen-bond donors (Lipinski definition) is 1. The van der Waals surface area contributed by atoms with Crippen LogP contribution in [-0.2, 0) is 10.8 Å². The smallest absolute Gasteiger partial charge is 0.0525 e. The van der Waals surface area contributed by atoms with Crippen molar-refractivity contribution in [3.8, 4) is 0 Å². The van der Waals surface area contributed by atoms with Crippen molar-refractivity contribution in [1.29, 1.82) is 0 Å². The Kier molecular flexibility index (Phi) is 11.9. The van der Waals surface area contributed by atoms with Gasteiger partial charge in [-0.25, -0.2) is 0 Å². The molecule has 0 aromatic heterocycles. The molecule has 0 fully saturated rings. The van der Waals surface area contributed by atoms with E-state index in [1.807, 2.05) is 0 Å². The Balaban J connectivity index is 1.42. The molecule has 1 aliphatic heterocycles. The molecule has 0 bridgehead atoms. The van der Waals surface area contributed by atoms with Gasteiger partial charge in [-0.15, -0.1) is 0 Å². The number of benzene rings is 4. The van der Waals surface area contributed by atoms with Gasteiger partial charge in [0.15, 0.2) is 0 Å². The van der Waals surface area contributed by atoms with E-state index >= 15 is 0 Å². The number of hydrogen-bond acceptors (Lipinski definition) is 3. The van der Waals surface area contributed by atoms with Crippen LogP contribution in [0.3, 0.4) is 0 Å². The minimum Gasteiger partial charge on any atom is -0.385 e. The lowest BCUT2D eigenvalue weighted by Crippen LogP contribution is -2.27. The fraction of sp³-hybridized carbons (Fsp3) is 0.347. The van der Waals surface area contributed by atoms with Gasteiger partial charge in [-0.05, 0) is 102 Å². The third-order valence-corrected chi connectivity index (χ3v) is 11.0. The molecule has 52 heavy (non-hydrogen) atoms. The molecule has 1 heterocycles. The summed E-state index contributed by atoms with van der Waals surface area (Å²) < 4.78 is 0. The van der Waals surface area contributed by atoms with Crippen molar-refractivity contribution in [2.75, 3.05) is 28.2 Å². The van der Waals surface area contributed by atoms with Crippen LogP contribution in [-0.4, -0.2) is 13.1 Å². The molecule has 6 rings (SSSR count). The standard InChI is InChI=1S/C49H59N3/c1-7-9-36-50-44-29-19-17-27-42(44)48(3,4)35-21-22-38-31-32-39(47(38)52(40-23-13-11-14-24-40)41-25-15-12-16-26-41)33-34-46-49(5,6)43-28-18-20-30-45(43)51(46)37-10-8-2/h11-30,33-34,50H,7-10,31-32,35-37H2,1-6H3/b22-21+,39-33+,46-34+. The lowest BCUT2D eigenvalue weighted by molar-refractivity contribution is 0.535. The maximum Gasteiger partial charge on any atom is 0.0525 e. The molecule has 0 spiro atoms. The van der Waals surface area contributed by atoms with Gasteiger partial charge in [0.2, 0.25) is 0 Å². The lowest BCUT2D eigenvalue weighted by atomic mass is 9.80. The van der Waals surface area contributed by atoms with Gasteiger partial charge in [-0.2, -0.15) is 0 Å². The molecule has 270 valence electrons. The fourth-order valence-corrected chi connectivity index (χ4v) is 8.00. The zero-order chi connectivity index (χ0) is 36.6. The molecular formula is C49H59N3. The molecule has 4 aromatic rings. The van der Waals surface area contributed by atoms with E-state index in [9.17, 15) is 0 Å². The molecule has 3 nitrogen and oxygen atoms in total. The number of nitrogens with one attached hydrogen (secondary N) is 1. The van der Waals surface area contributed by atoms with E-state index in [2.05, 4.69) is 190 Å². The molecule has 0 saturated heterocycles. The van der Waals surface area contributed by atoms with Crippen LogP contribution in [0.1, 0.15) is 97.6 Å². The summed E-state index contributed by atoms with van der Waals surface area (Å²) in [6.45, 7) is 16.1. The predicted molar refractivity (Wildman–Crippen MR) is 226 cm³/mol. The summed E-state index contributed by atoms with van der Waals surface area (Å²) in [5, 5.41) is 3.72. The number of nitrogens with zero attached hydrogens (tertiary/aromatic N) is 2. The van der Waals surface area contributed by atoms with Crippen molar-refractivity contribution in [3.63, 3.8) is 0 Å². The van der Waals surface area contributed by atoms with Crippen LogP contribution in [0.2, 0.25) is 0 Å². The summed E-state index contributed by atoms with van der Waals surface area (Å²) in [4.78, 5) is 5.07. The number of rotatable bonds is 15. The summed E-state index contributed by atoms with van der Waals surface area (Å²) in [7, 11) is 0. The van der Waals surface area contributed by atoms with Crippen molar-refractivity contribution in [2.24, 2.45) is 0 Å². The van der Waals surface area contributed by atoms with E-state index in [0.717, 1.165) is 32.4 Å². The maximum atomic E-state index is 3.72. The van der Waals surface area contributed by atoms with Crippen molar-refractivity contribution in [1.82, 2.24) is 0 Å². The monoisotopic (exact) mass is 689 g/mol. The van der Waals surface area contributed by atoms with Crippen molar-refractivity contribution >= 4 is 22.7 Å².